The quantitative estimate of drug-likeness (QED) is 0.0385. The van der Waals surface area contributed by atoms with E-state index >= 15 is 0 Å². The number of unbranched alkanes of at least 4 members (excludes halogenated alkanes) is 34. The van der Waals surface area contributed by atoms with Crippen LogP contribution in [0.1, 0.15) is 259 Å². The molecule has 0 aromatic carbocycles. The summed E-state index contributed by atoms with van der Waals surface area (Å²) in [6.07, 6.45) is 51.6. The lowest BCUT2D eigenvalue weighted by Gasteiger charge is -2.13. The van der Waals surface area contributed by atoms with Crippen LogP contribution in [0.15, 0.2) is 4.99 Å². The van der Waals surface area contributed by atoms with E-state index in [1.54, 1.807) is 0 Å². The van der Waals surface area contributed by atoms with E-state index in [-0.39, 0.29) is 0 Å². The second-order valence-electron chi connectivity index (χ2n) is 16.0. The van der Waals surface area contributed by atoms with E-state index in [0.717, 1.165) is 25.6 Å². The Morgan fingerprint density at radius 2 is 0.542 bits per heavy atom. The van der Waals surface area contributed by atoms with Crippen LogP contribution in [0.4, 0.5) is 0 Å². The van der Waals surface area contributed by atoms with Gasteiger partial charge in [-0.05, 0) is 18.8 Å². The van der Waals surface area contributed by atoms with Gasteiger partial charge in [0, 0.05) is 19.6 Å². The van der Waals surface area contributed by atoms with Crippen LogP contribution < -0.4 is 10.6 Å². The average molecular weight is 676 g/mol. The number of nitrogens with one attached hydrogen (secondary N) is 2. The van der Waals surface area contributed by atoms with Gasteiger partial charge in [-0.3, -0.25) is 4.99 Å². The summed E-state index contributed by atoms with van der Waals surface area (Å²) in [5.41, 5.74) is 0. The van der Waals surface area contributed by atoms with Gasteiger partial charge in [-0.25, -0.2) is 0 Å². The van der Waals surface area contributed by atoms with Crippen LogP contribution in [0, 0.1) is 5.92 Å². The van der Waals surface area contributed by atoms with E-state index in [1.165, 1.54) is 231 Å². The second kappa shape index (κ2) is 42.4. The summed E-state index contributed by atoms with van der Waals surface area (Å²) < 4.78 is 0. The van der Waals surface area contributed by atoms with Crippen LogP contribution >= 0.6 is 0 Å². The van der Waals surface area contributed by atoms with Crippen molar-refractivity contribution in [2.45, 2.75) is 259 Å². The van der Waals surface area contributed by atoms with Gasteiger partial charge < -0.3 is 10.6 Å². The Labute approximate surface area is 305 Å². The lowest BCUT2D eigenvalue weighted by molar-refractivity contribution is 0.523. The van der Waals surface area contributed by atoms with Crippen molar-refractivity contribution in [1.29, 1.82) is 0 Å². The fraction of sp³-hybridized carbons (Fsp3) is 0.978. The number of aliphatic imine (C=N–C) groups is 1. The largest absolute Gasteiger partial charge is 0.356 e. The molecule has 2 N–H and O–H groups in total. The molecule has 0 radical (unpaired) electrons. The molecule has 0 heterocycles. The molecule has 0 aliphatic rings. The molecule has 0 saturated carbocycles. The molecule has 288 valence electrons. The summed E-state index contributed by atoms with van der Waals surface area (Å²) in [6.45, 7) is 12.2. The molecule has 3 nitrogen and oxygen atoms in total. The minimum absolute atomic E-state index is 0.610. The van der Waals surface area contributed by atoms with Crippen LogP contribution in [-0.2, 0) is 0 Å². The minimum atomic E-state index is 0.610. The third-order valence-corrected chi connectivity index (χ3v) is 10.3. The molecule has 0 aromatic heterocycles. The zero-order chi connectivity index (χ0) is 34.9. The van der Waals surface area contributed by atoms with Crippen molar-refractivity contribution in [3.05, 3.63) is 0 Å². The molecule has 0 saturated heterocycles. The second-order valence-corrected chi connectivity index (χ2v) is 16.0. The molecule has 0 amide bonds. The molecule has 0 aliphatic heterocycles. The Morgan fingerprint density at radius 1 is 0.333 bits per heavy atom. The highest BCUT2D eigenvalue weighted by atomic mass is 15.2. The lowest BCUT2D eigenvalue weighted by atomic mass is 10.0. The maximum atomic E-state index is 4.85. The van der Waals surface area contributed by atoms with E-state index in [2.05, 4.69) is 38.3 Å². The highest BCUT2D eigenvalue weighted by Gasteiger charge is 2.01. The van der Waals surface area contributed by atoms with Gasteiger partial charge in [0.25, 0.3) is 0 Å². The average Bonchev–Trinajstić information content (AvgIpc) is 3.08. The SMILES string of the molecule is CCCCCCCCCCCCCCCCCCCCNC(=NCC(C)C)NCCCCCCCCCCCCCCCCCCCC. The van der Waals surface area contributed by atoms with Crippen molar-refractivity contribution in [3.63, 3.8) is 0 Å². The summed E-state index contributed by atoms with van der Waals surface area (Å²) in [7, 11) is 0. The molecule has 0 rings (SSSR count). The Hall–Kier alpha value is -0.730. The third-order valence-electron chi connectivity index (χ3n) is 10.3. The van der Waals surface area contributed by atoms with Gasteiger partial charge >= 0.3 is 0 Å². The summed E-state index contributed by atoms with van der Waals surface area (Å²) >= 11 is 0. The molecule has 0 bridgehead atoms. The standard InChI is InChI=1S/C45H93N3/c1-5-7-9-11-13-15-17-19-21-23-25-27-29-31-33-35-37-39-41-46-45(48-43-44(3)4)47-42-40-38-36-34-32-30-28-26-24-22-20-18-16-14-12-10-8-6-2/h44H,5-43H2,1-4H3,(H2,46,47,48). The van der Waals surface area contributed by atoms with E-state index in [4.69, 9.17) is 4.99 Å². The van der Waals surface area contributed by atoms with E-state index < -0.39 is 0 Å². The van der Waals surface area contributed by atoms with Gasteiger partial charge in [0.05, 0.1) is 0 Å². The van der Waals surface area contributed by atoms with Gasteiger partial charge in [0.1, 0.15) is 0 Å². The fourth-order valence-electron chi connectivity index (χ4n) is 6.92. The number of rotatable bonds is 40. The van der Waals surface area contributed by atoms with Crippen molar-refractivity contribution in [2.24, 2.45) is 10.9 Å². The first-order valence-corrected chi connectivity index (χ1v) is 22.7. The van der Waals surface area contributed by atoms with Crippen molar-refractivity contribution in [1.82, 2.24) is 10.6 Å². The van der Waals surface area contributed by atoms with Crippen molar-refractivity contribution in [3.8, 4) is 0 Å². The van der Waals surface area contributed by atoms with E-state index in [9.17, 15) is 0 Å². The first-order valence-electron chi connectivity index (χ1n) is 22.7. The Morgan fingerprint density at radius 3 is 0.750 bits per heavy atom. The number of guanidine groups is 1. The first kappa shape index (κ1) is 47.3. The van der Waals surface area contributed by atoms with Gasteiger partial charge in [0.2, 0.25) is 0 Å². The topological polar surface area (TPSA) is 36.4 Å². The Balaban J connectivity index is 3.53. The molecule has 0 aromatic rings. The molecule has 0 aliphatic carbocycles. The molecular weight excluding hydrogens is 583 g/mol. The molecule has 48 heavy (non-hydrogen) atoms. The number of hydrogen-bond acceptors (Lipinski definition) is 1. The fourth-order valence-corrected chi connectivity index (χ4v) is 6.92. The van der Waals surface area contributed by atoms with Gasteiger partial charge in [-0.15, -0.1) is 0 Å². The van der Waals surface area contributed by atoms with E-state index in [0.29, 0.717) is 5.92 Å². The van der Waals surface area contributed by atoms with Crippen LogP contribution in [0.2, 0.25) is 0 Å². The summed E-state index contributed by atoms with van der Waals surface area (Å²) in [6, 6.07) is 0. The number of nitrogens with zero attached hydrogens (tertiary/aromatic N) is 1. The first-order chi connectivity index (χ1) is 23.7. The maximum Gasteiger partial charge on any atom is 0.191 e. The molecule has 0 unspecified atom stereocenters. The van der Waals surface area contributed by atoms with Crippen molar-refractivity contribution in [2.75, 3.05) is 19.6 Å². The molecule has 0 fully saturated rings. The van der Waals surface area contributed by atoms with E-state index in [1.807, 2.05) is 0 Å². The van der Waals surface area contributed by atoms with Crippen molar-refractivity contribution >= 4 is 5.96 Å². The minimum Gasteiger partial charge on any atom is -0.356 e. The van der Waals surface area contributed by atoms with Crippen LogP contribution in [0.3, 0.4) is 0 Å². The highest BCUT2D eigenvalue weighted by Crippen LogP contribution is 2.16. The maximum absolute atomic E-state index is 4.85. The third kappa shape index (κ3) is 41.4. The molecule has 0 spiro atoms. The van der Waals surface area contributed by atoms with Crippen LogP contribution in [0.25, 0.3) is 0 Å². The lowest BCUT2D eigenvalue weighted by Crippen LogP contribution is -2.38. The van der Waals surface area contributed by atoms with Gasteiger partial charge in [-0.1, -0.05) is 246 Å². The summed E-state index contributed by atoms with van der Waals surface area (Å²) in [5, 5.41) is 7.25. The molecule has 0 atom stereocenters. The molecular formula is C45H93N3. The summed E-state index contributed by atoms with van der Waals surface area (Å²) in [4.78, 5) is 4.85. The monoisotopic (exact) mass is 676 g/mol. The Kier molecular flexibility index (Phi) is 41.8. The zero-order valence-corrected chi connectivity index (χ0v) is 34.1. The predicted molar refractivity (Wildman–Crippen MR) is 221 cm³/mol. The molecule has 3 heteroatoms. The van der Waals surface area contributed by atoms with Crippen LogP contribution in [0.5, 0.6) is 0 Å². The van der Waals surface area contributed by atoms with Gasteiger partial charge in [0.15, 0.2) is 5.96 Å². The summed E-state index contributed by atoms with van der Waals surface area (Å²) in [5.74, 6) is 1.65. The predicted octanol–water partition coefficient (Wildman–Crippen LogP) is 15.3. The normalized spacial score (nSPS) is 11.4. The Bertz CT molecular complexity index is 557. The van der Waals surface area contributed by atoms with Crippen molar-refractivity contribution < 1.29 is 0 Å². The highest BCUT2D eigenvalue weighted by molar-refractivity contribution is 5.79. The number of hydrogen-bond donors (Lipinski definition) is 2. The van der Waals surface area contributed by atoms with Crippen LogP contribution in [-0.4, -0.2) is 25.6 Å². The van der Waals surface area contributed by atoms with Gasteiger partial charge in [-0.2, -0.15) is 0 Å². The zero-order valence-electron chi connectivity index (χ0n) is 34.1. The smallest absolute Gasteiger partial charge is 0.191 e.